The maximum Gasteiger partial charge on any atom is 0.232 e. The van der Waals surface area contributed by atoms with Crippen molar-refractivity contribution in [2.75, 3.05) is 6.61 Å². The van der Waals surface area contributed by atoms with Gasteiger partial charge in [0, 0.05) is 5.56 Å². The highest BCUT2D eigenvalue weighted by molar-refractivity contribution is 5.59. The first-order valence-electron chi connectivity index (χ1n) is 7.13. The van der Waals surface area contributed by atoms with Gasteiger partial charge in [-0.25, -0.2) is 4.68 Å². The van der Waals surface area contributed by atoms with Crippen molar-refractivity contribution in [3.8, 4) is 11.3 Å². The molecule has 8 heteroatoms. The third-order valence-electron chi connectivity index (χ3n) is 3.89. The molecule has 0 unspecified atom stereocenters. The molecule has 0 bridgehead atoms. The highest BCUT2D eigenvalue weighted by atomic mass is 16.5. The summed E-state index contributed by atoms with van der Waals surface area (Å²) in [6, 6.07) is 8.30. The Morgan fingerprint density at radius 3 is 2.61 bits per heavy atom. The molecule has 1 aromatic carbocycles. The molecule has 5 atom stereocenters. The number of ether oxygens (including phenoxy) is 1. The second kappa shape index (κ2) is 6.55. The molecule has 1 fully saturated rings. The van der Waals surface area contributed by atoms with E-state index >= 15 is 0 Å². The average molecular weight is 318 g/mol. The van der Waals surface area contributed by atoms with Gasteiger partial charge in [0.25, 0.3) is 0 Å². The van der Waals surface area contributed by atoms with Gasteiger partial charge in [-0.2, -0.15) is 0 Å². The van der Waals surface area contributed by atoms with Crippen LogP contribution in [0.15, 0.2) is 36.5 Å². The van der Waals surface area contributed by atoms with Crippen LogP contribution in [-0.2, 0) is 9.53 Å². The Kier molecular flexibility index (Phi) is 4.49. The Morgan fingerprint density at radius 2 is 1.96 bits per heavy atom. The predicted molar refractivity (Wildman–Crippen MR) is 77.9 cm³/mol. The van der Waals surface area contributed by atoms with Crippen LogP contribution in [0.4, 0.5) is 0 Å². The first-order valence-corrected chi connectivity index (χ1v) is 7.13. The van der Waals surface area contributed by atoms with Crippen molar-refractivity contribution in [2.24, 2.45) is 0 Å². The number of carbonyl (C=O) groups excluding carboxylic acids is 1. The smallest absolute Gasteiger partial charge is 0.232 e. The fourth-order valence-electron chi connectivity index (χ4n) is 2.68. The molecule has 1 aliphatic heterocycles. The first-order chi connectivity index (χ1) is 11.2. The van der Waals surface area contributed by atoms with Crippen LogP contribution < -0.4 is 0 Å². The topological polar surface area (TPSA) is 118 Å². The number of aromatic nitrogens is 3. The molecule has 1 saturated heterocycles. The zero-order valence-electron chi connectivity index (χ0n) is 12.1. The first kappa shape index (κ1) is 15.8. The van der Waals surface area contributed by atoms with Gasteiger partial charge >= 0.3 is 0 Å². The van der Waals surface area contributed by atoms with Crippen LogP contribution in [0.2, 0.25) is 0 Å². The van der Waals surface area contributed by atoms with Crippen LogP contribution in [0.3, 0.4) is 0 Å². The summed E-state index contributed by atoms with van der Waals surface area (Å²) in [6.07, 6.45) is -1.75. The van der Waals surface area contributed by atoms with Gasteiger partial charge in [-0.3, -0.25) is 4.79 Å². The minimum Gasteiger partial charge on any atom is -0.394 e. The SMILES string of the molecule is O=[C][C@@H]1O[C@H](CO)[C@H](O)[C@H](n2cc(-c3ccccc3)nn2)[C@H]1O. The van der Waals surface area contributed by atoms with Crippen LogP contribution in [0.1, 0.15) is 6.04 Å². The van der Waals surface area contributed by atoms with Gasteiger partial charge < -0.3 is 20.1 Å². The van der Waals surface area contributed by atoms with E-state index in [9.17, 15) is 20.1 Å². The van der Waals surface area contributed by atoms with E-state index in [1.807, 2.05) is 30.3 Å². The number of hydrogen-bond acceptors (Lipinski definition) is 7. The van der Waals surface area contributed by atoms with Gasteiger partial charge in [-0.15, -0.1) is 5.10 Å². The summed E-state index contributed by atoms with van der Waals surface area (Å²) in [7, 11) is 0. The average Bonchev–Trinajstić information content (AvgIpc) is 3.06. The lowest BCUT2D eigenvalue weighted by molar-refractivity contribution is -0.185. The molecule has 1 radical (unpaired) electrons. The number of rotatable bonds is 4. The van der Waals surface area contributed by atoms with Crippen molar-refractivity contribution in [3.63, 3.8) is 0 Å². The molecule has 0 aliphatic carbocycles. The van der Waals surface area contributed by atoms with Crippen molar-refractivity contribution in [1.82, 2.24) is 15.0 Å². The summed E-state index contributed by atoms with van der Waals surface area (Å²) < 4.78 is 6.40. The van der Waals surface area contributed by atoms with Gasteiger partial charge in [0.1, 0.15) is 30.0 Å². The molecule has 2 heterocycles. The molecule has 121 valence electrons. The van der Waals surface area contributed by atoms with Crippen molar-refractivity contribution in [2.45, 2.75) is 30.5 Å². The zero-order chi connectivity index (χ0) is 16.4. The Hall–Kier alpha value is -2.13. The van der Waals surface area contributed by atoms with Gasteiger partial charge in [0.15, 0.2) is 6.10 Å². The zero-order valence-corrected chi connectivity index (χ0v) is 12.1. The molecule has 0 amide bonds. The molecule has 2 aromatic rings. The molecule has 0 spiro atoms. The van der Waals surface area contributed by atoms with E-state index in [0.29, 0.717) is 5.69 Å². The number of benzene rings is 1. The van der Waals surface area contributed by atoms with Crippen LogP contribution in [0.5, 0.6) is 0 Å². The maximum atomic E-state index is 10.9. The Balaban J connectivity index is 1.92. The second-order valence-corrected chi connectivity index (χ2v) is 5.32. The predicted octanol–water partition coefficient (Wildman–Crippen LogP) is -0.923. The standard InChI is InChI=1S/C15H16N3O5/c19-7-11-14(21)13(15(22)12(8-20)23-11)18-6-10(16-17-18)9-4-2-1-3-5-9/h1-6,11-15,19,21-22H,7H2/t11-,12+,13+,14+,15+/m1/s1. The van der Waals surface area contributed by atoms with Gasteiger partial charge in [-0.1, -0.05) is 35.5 Å². The second-order valence-electron chi connectivity index (χ2n) is 5.32. The molecule has 3 N–H and O–H groups in total. The van der Waals surface area contributed by atoms with E-state index in [2.05, 4.69) is 10.3 Å². The normalized spacial score (nSPS) is 31.0. The molecule has 0 saturated carbocycles. The van der Waals surface area contributed by atoms with Crippen LogP contribution in [0.25, 0.3) is 11.3 Å². The largest absolute Gasteiger partial charge is 0.394 e. The lowest BCUT2D eigenvalue weighted by Crippen LogP contribution is -2.56. The Bertz CT molecular complexity index is 662. The fourth-order valence-corrected chi connectivity index (χ4v) is 2.68. The highest BCUT2D eigenvalue weighted by Gasteiger charge is 2.46. The van der Waals surface area contributed by atoms with Crippen molar-refractivity contribution < 1.29 is 24.9 Å². The quantitative estimate of drug-likeness (QED) is 0.667. The molecule has 3 rings (SSSR count). The molecule has 23 heavy (non-hydrogen) atoms. The molecule has 1 aliphatic rings. The number of aliphatic hydroxyl groups excluding tert-OH is 3. The van der Waals surface area contributed by atoms with Crippen LogP contribution in [0, 0.1) is 0 Å². The summed E-state index contributed by atoms with van der Waals surface area (Å²) in [5, 5.41) is 37.7. The number of aliphatic hydroxyl groups is 3. The summed E-state index contributed by atoms with van der Waals surface area (Å²) in [4.78, 5) is 10.9. The van der Waals surface area contributed by atoms with Crippen molar-refractivity contribution in [1.29, 1.82) is 0 Å². The van der Waals surface area contributed by atoms with Gasteiger partial charge in [0.05, 0.1) is 12.8 Å². The van der Waals surface area contributed by atoms with Gasteiger partial charge in [0.2, 0.25) is 6.29 Å². The lowest BCUT2D eigenvalue weighted by atomic mass is 9.93. The van der Waals surface area contributed by atoms with E-state index in [1.54, 1.807) is 12.5 Å². The lowest BCUT2D eigenvalue weighted by Gasteiger charge is -2.39. The molecular weight excluding hydrogens is 302 g/mol. The summed E-state index contributed by atoms with van der Waals surface area (Å²) >= 11 is 0. The fraction of sp³-hybridized carbons (Fsp3) is 0.400. The maximum absolute atomic E-state index is 10.9. The van der Waals surface area contributed by atoms with E-state index in [-0.39, 0.29) is 0 Å². The summed E-state index contributed by atoms with van der Waals surface area (Å²) in [6.45, 7) is -0.497. The minimum absolute atomic E-state index is 0.497. The summed E-state index contributed by atoms with van der Waals surface area (Å²) in [5.74, 6) is 0. The van der Waals surface area contributed by atoms with E-state index in [0.717, 1.165) is 5.56 Å². The van der Waals surface area contributed by atoms with E-state index in [1.165, 1.54) is 4.68 Å². The molecule has 8 nitrogen and oxygen atoms in total. The summed E-state index contributed by atoms with van der Waals surface area (Å²) in [5.41, 5.74) is 1.38. The third kappa shape index (κ3) is 2.89. The van der Waals surface area contributed by atoms with Crippen molar-refractivity contribution in [3.05, 3.63) is 36.5 Å². The third-order valence-corrected chi connectivity index (χ3v) is 3.89. The Labute approximate surface area is 131 Å². The monoisotopic (exact) mass is 318 g/mol. The molecule has 1 aromatic heterocycles. The van der Waals surface area contributed by atoms with Crippen molar-refractivity contribution >= 4 is 6.29 Å². The van der Waals surface area contributed by atoms with Gasteiger partial charge in [-0.05, 0) is 0 Å². The Morgan fingerprint density at radius 1 is 1.22 bits per heavy atom. The molecular formula is C15H16N3O5. The van der Waals surface area contributed by atoms with Crippen LogP contribution in [-0.4, -0.2) is 67.6 Å². The van der Waals surface area contributed by atoms with Crippen LogP contribution >= 0.6 is 0 Å². The highest BCUT2D eigenvalue weighted by Crippen LogP contribution is 2.30. The number of nitrogens with zero attached hydrogens (tertiary/aromatic N) is 3. The number of hydrogen-bond donors (Lipinski definition) is 3. The minimum atomic E-state index is -1.35. The van der Waals surface area contributed by atoms with E-state index in [4.69, 9.17) is 4.74 Å². The van der Waals surface area contributed by atoms with E-state index < -0.39 is 37.1 Å².